The van der Waals surface area contributed by atoms with E-state index in [1.54, 1.807) is 47.6 Å². The lowest BCUT2D eigenvalue weighted by molar-refractivity contribution is -0.140. The quantitative estimate of drug-likeness (QED) is 0.260. The maximum atomic E-state index is 13.2. The number of likely N-dealkylation sites (tertiary alicyclic amines) is 1. The van der Waals surface area contributed by atoms with E-state index in [0.29, 0.717) is 36.6 Å². The molecule has 0 unspecified atom stereocenters. The van der Waals surface area contributed by atoms with Gasteiger partial charge in [0.1, 0.15) is 18.1 Å². The van der Waals surface area contributed by atoms with Crippen molar-refractivity contribution in [3.8, 4) is 5.75 Å². The van der Waals surface area contributed by atoms with Gasteiger partial charge < -0.3 is 19.6 Å². The molecule has 1 aliphatic heterocycles. The summed E-state index contributed by atoms with van der Waals surface area (Å²) in [7, 11) is 0. The summed E-state index contributed by atoms with van der Waals surface area (Å²) in [5, 5.41) is 11.2. The molecule has 1 aliphatic rings. The summed E-state index contributed by atoms with van der Waals surface area (Å²) in [6, 6.07) is 19.6. The number of aromatic nitrogens is 1. The molecule has 186 valence electrons. The minimum absolute atomic E-state index is 0.0745. The van der Waals surface area contributed by atoms with Crippen molar-refractivity contribution < 1.29 is 19.4 Å². The molecule has 1 fully saturated rings. The topological polar surface area (TPSA) is 83.0 Å². The van der Waals surface area contributed by atoms with Crippen molar-refractivity contribution in [3.63, 3.8) is 0 Å². The van der Waals surface area contributed by atoms with E-state index in [4.69, 9.17) is 4.74 Å². The number of ether oxygens (including phenoxy) is 1. The molecule has 7 nitrogen and oxygen atoms in total. The van der Waals surface area contributed by atoms with Crippen molar-refractivity contribution in [2.75, 3.05) is 26.2 Å². The average Bonchev–Trinajstić information content (AvgIpc) is 3.18. The third-order valence-electron chi connectivity index (χ3n) is 6.47. The van der Waals surface area contributed by atoms with Gasteiger partial charge in [0.05, 0.1) is 11.6 Å². The SMILES string of the molecule is CCN(CC)CCN1C(=O)C(=O)C(=C(O)c2ccc(OCc3ccccc3)cc2)[C@H]1c1cccnc1. The number of aliphatic hydroxyl groups excluding tert-OH is 1. The highest BCUT2D eigenvalue weighted by atomic mass is 16.5. The molecule has 1 atom stereocenters. The predicted molar refractivity (Wildman–Crippen MR) is 138 cm³/mol. The lowest BCUT2D eigenvalue weighted by Gasteiger charge is -2.28. The van der Waals surface area contributed by atoms with E-state index >= 15 is 0 Å². The molecule has 3 aromatic rings. The molecule has 4 rings (SSSR count). The van der Waals surface area contributed by atoms with Gasteiger partial charge in [-0.3, -0.25) is 14.6 Å². The van der Waals surface area contributed by atoms with Crippen LogP contribution in [0.5, 0.6) is 5.75 Å². The highest BCUT2D eigenvalue weighted by Crippen LogP contribution is 2.39. The number of rotatable bonds is 10. The number of carbonyl (C=O) groups is 2. The standard InChI is InChI=1S/C29H31N3O4/c1-3-31(4-2)17-18-32-26(23-11-8-16-30-19-23)25(28(34)29(32)35)27(33)22-12-14-24(15-13-22)36-20-21-9-6-5-7-10-21/h5-16,19,26,33H,3-4,17-18,20H2,1-2H3/t26-/m1/s1. The summed E-state index contributed by atoms with van der Waals surface area (Å²) in [6.07, 6.45) is 3.27. The van der Waals surface area contributed by atoms with Crippen molar-refractivity contribution in [1.29, 1.82) is 0 Å². The minimum Gasteiger partial charge on any atom is -0.507 e. The van der Waals surface area contributed by atoms with Crippen molar-refractivity contribution in [3.05, 3.63) is 101 Å². The van der Waals surface area contributed by atoms with E-state index in [-0.39, 0.29) is 11.3 Å². The van der Waals surface area contributed by atoms with Crippen LogP contribution >= 0.6 is 0 Å². The number of aliphatic hydroxyl groups is 1. The van der Waals surface area contributed by atoms with E-state index in [9.17, 15) is 14.7 Å². The molecule has 0 aliphatic carbocycles. The van der Waals surface area contributed by atoms with Gasteiger partial charge >= 0.3 is 0 Å². The first-order valence-corrected chi connectivity index (χ1v) is 12.2. The second-order valence-electron chi connectivity index (χ2n) is 8.60. The first kappa shape index (κ1) is 25.1. The summed E-state index contributed by atoms with van der Waals surface area (Å²) in [5.41, 5.74) is 2.24. The largest absolute Gasteiger partial charge is 0.507 e. The molecule has 1 aromatic heterocycles. The summed E-state index contributed by atoms with van der Waals surface area (Å²) in [5.74, 6) is -0.869. The fourth-order valence-electron chi connectivity index (χ4n) is 4.39. The van der Waals surface area contributed by atoms with Gasteiger partial charge in [0.15, 0.2) is 0 Å². The van der Waals surface area contributed by atoms with E-state index < -0.39 is 17.7 Å². The molecule has 7 heteroatoms. The monoisotopic (exact) mass is 485 g/mol. The zero-order valence-electron chi connectivity index (χ0n) is 20.6. The molecule has 0 saturated carbocycles. The summed E-state index contributed by atoms with van der Waals surface area (Å²) in [4.78, 5) is 34.1. The molecule has 36 heavy (non-hydrogen) atoms. The number of carbonyl (C=O) groups excluding carboxylic acids is 2. The fourth-order valence-corrected chi connectivity index (χ4v) is 4.39. The number of amides is 1. The second-order valence-corrected chi connectivity index (χ2v) is 8.60. The Bertz CT molecular complexity index is 1210. The number of benzene rings is 2. The van der Waals surface area contributed by atoms with Crippen molar-refractivity contribution >= 4 is 17.4 Å². The number of Topliss-reactive ketones (excluding diaryl/α,β-unsaturated/α-hetero) is 1. The van der Waals surface area contributed by atoms with Crippen LogP contribution in [0.2, 0.25) is 0 Å². The molecule has 1 amide bonds. The van der Waals surface area contributed by atoms with Gasteiger partial charge in [0.2, 0.25) is 0 Å². The average molecular weight is 486 g/mol. The van der Waals surface area contributed by atoms with Crippen LogP contribution in [0.25, 0.3) is 5.76 Å². The van der Waals surface area contributed by atoms with E-state index in [1.165, 1.54) is 0 Å². The van der Waals surface area contributed by atoms with Crippen LogP contribution in [0.1, 0.15) is 36.6 Å². The lowest BCUT2D eigenvalue weighted by Crippen LogP contribution is -2.38. The third-order valence-corrected chi connectivity index (χ3v) is 6.47. The summed E-state index contributed by atoms with van der Waals surface area (Å²) < 4.78 is 5.83. The normalized spacial score (nSPS) is 17.1. The van der Waals surface area contributed by atoms with Crippen molar-refractivity contribution in [2.24, 2.45) is 0 Å². The lowest BCUT2D eigenvalue weighted by atomic mass is 9.96. The van der Waals surface area contributed by atoms with Crippen molar-refractivity contribution in [1.82, 2.24) is 14.8 Å². The fraction of sp³-hybridized carbons (Fsp3) is 0.276. The van der Waals surface area contributed by atoms with Crippen LogP contribution in [0.4, 0.5) is 0 Å². The number of pyridine rings is 1. The van der Waals surface area contributed by atoms with Crippen LogP contribution in [-0.2, 0) is 16.2 Å². The number of nitrogens with zero attached hydrogens (tertiary/aromatic N) is 3. The highest BCUT2D eigenvalue weighted by Gasteiger charge is 2.46. The highest BCUT2D eigenvalue weighted by molar-refractivity contribution is 6.46. The Hall–Kier alpha value is -3.97. The Morgan fingerprint density at radius 3 is 2.36 bits per heavy atom. The Balaban J connectivity index is 1.62. The number of ketones is 1. The van der Waals surface area contributed by atoms with Crippen LogP contribution < -0.4 is 4.74 Å². The number of likely N-dealkylation sites (N-methyl/N-ethyl adjacent to an activating group) is 1. The first-order valence-electron chi connectivity index (χ1n) is 12.2. The predicted octanol–water partition coefficient (Wildman–Crippen LogP) is 4.42. The van der Waals surface area contributed by atoms with Gasteiger partial charge in [0.25, 0.3) is 11.7 Å². The second kappa shape index (κ2) is 11.6. The molecule has 0 spiro atoms. The van der Waals surface area contributed by atoms with E-state index in [2.05, 4.69) is 23.7 Å². The first-order chi connectivity index (χ1) is 17.5. The Morgan fingerprint density at radius 2 is 1.72 bits per heavy atom. The molecule has 1 saturated heterocycles. The summed E-state index contributed by atoms with van der Waals surface area (Å²) >= 11 is 0. The molecule has 1 N–H and O–H groups in total. The zero-order valence-corrected chi connectivity index (χ0v) is 20.6. The number of hydrogen-bond donors (Lipinski definition) is 1. The summed E-state index contributed by atoms with van der Waals surface area (Å²) in [6.45, 7) is 7.23. The molecule has 0 bridgehead atoms. The molecular weight excluding hydrogens is 454 g/mol. The van der Waals surface area contributed by atoms with Crippen LogP contribution in [0.15, 0.2) is 84.7 Å². The Morgan fingerprint density at radius 1 is 1.00 bits per heavy atom. The molecule has 2 heterocycles. The van der Waals surface area contributed by atoms with Crippen LogP contribution in [0, 0.1) is 0 Å². The van der Waals surface area contributed by atoms with Gasteiger partial charge in [-0.15, -0.1) is 0 Å². The maximum absolute atomic E-state index is 13.2. The van der Waals surface area contributed by atoms with Gasteiger partial charge in [-0.25, -0.2) is 0 Å². The van der Waals surface area contributed by atoms with Gasteiger partial charge in [0, 0.05) is 31.0 Å². The van der Waals surface area contributed by atoms with Crippen LogP contribution in [-0.4, -0.2) is 57.8 Å². The molecular formula is C29H31N3O4. The van der Waals surface area contributed by atoms with Crippen molar-refractivity contribution in [2.45, 2.75) is 26.5 Å². The Labute approximate surface area is 211 Å². The maximum Gasteiger partial charge on any atom is 0.295 e. The van der Waals surface area contributed by atoms with E-state index in [1.807, 2.05) is 36.4 Å². The van der Waals surface area contributed by atoms with E-state index in [0.717, 1.165) is 18.7 Å². The smallest absolute Gasteiger partial charge is 0.295 e. The van der Waals surface area contributed by atoms with Gasteiger partial charge in [-0.05, 0) is 54.5 Å². The molecule has 2 aromatic carbocycles. The van der Waals surface area contributed by atoms with Gasteiger partial charge in [-0.1, -0.05) is 50.2 Å². The number of hydrogen-bond acceptors (Lipinski definition) is 6. The zero-order chi connectivity index (χ0) is 25.5. The minimum atomic E-state index is -0.705. The third kappa shape index (κ3) is 5.47. The van der Waals surface area contributed by atoms with Gasteiger partial charge in [-0.2, -0.15) is 0 Å². The Kier molecular flexibility index (Phi) is 8.13. The van der Waals surface area contributed by atoms with Crippen LogP contribution in [0.3, 0.4) is 0 Å². The molecule has 0 radical (unpaired) electrons.